The molecule has 0 bridgehead atoms. The number of carbonyl (C=O) groups excluding carboxylic acids is 2. The Balaban J connectivity index is 2.31. The molecule has 0 aliphatic heterocycles. The third-order valence-electron chi connectivity index (χ3n) is 2.41. The molecule has 4 nitrogen and oxygen atoms in total. The average molecular weight is 253 g/mol. The van der Waals surface area contributed by atoms with Gasteiger partial charge in [-0.3, -0.25) is 9.59 Å². The zero-order valence-corrected chi connectivity index (χ0v) is 10.0. The predicted molar refractivity (Wildman–Crippen MR) is 64.3 cm³/mol. The van der Waals surface area contributed by atoms with Crippen LogP contribution in [-0.2, 0) is 27.6 Å². The molecule has 1 rings (SSSR count). The second-order valence-electron chi connectivity index (χ2n) is 3.85. The van der Waals surface area contributed by atoms with Crippen molar-refractivity contribution in [1.82, 2.24) is 0 Å². The number of nitrogens with two attached hydrogens (primary N) is 1. The van der Waals surface area contributed by atoms with Crippen LogP contribution in [0.25, 0.3) is 0 Å². The highest BCUT2D eigenvalue weighted by molar-refractivity contribution is 5.84. The Labute approximate surface area is 105 Å². The number of esters is 1. The molecule has 0 spiro atoms. The first-order chi connectivity index (χ1) is 8.65. The normalized spacial score (nSPS) is 10.1. The smallest absolute Gasteiger partial charge is 0.306 e. The molecule has 98 valence electrons. The molecule has 0 aromatic heterocycles. The summed E-state index contributed by atoms with van der Waals surface area (Å²) in [6.07, 6.45) is 0.148. The molecule has 0 radical (unpaired) electrons. The van der Waals surface area contributed by atoms with Gasteiger partial charge in [0.1, 0.15) is 19.1 Å². The van der Waals surface area contributed by atoms with Gasteiger partial charge >= 0.3 is 5.97 Å². The van der Waals surface area contributed by atoms with Crippen LogP contribution in [-0.4, -0.2) is 18.3 Å². The summed E-state index contributed by atoms with van der Waals surface area (Å²) in [4.78, 5) is 22.2. The van der Waals surface area contributed by atoms with E-state index in [-0.39, 0.29) is 31.8 Å². The summed E-state index contributed by atoms with van der Waals surface area (Å²) in [6.45, 7) is -0.443. The maximum atomic E-state index is 12.3. The minimum absolute atomic E-state index is 0.0403. The van der Waals surface area contributed by atoms with Crippen LogP contribution in [0.3, 0.4) is 0 Å². The van der Waals surface area contributed by atoms with Gasteiger partial charge in [-0.15, -0.1) is 0 Å². The molecule has 5 heteroatoms. The number of ether oxygens (including phenoxy) is 1. The first-order valence-electron chi connectivity index (χ1n) is 5.67. The van der Waals surface area contributed by atoms with E-state index in [9.17, 15) is 14.0 Å². The number of ketones is 1. The first-order valence-corrected chi connectivity index (χ1v) is 5.67. The minimum Gasteiger partial charge on any atom is -0.461 e. The van der Waals surface area contributed by atoms with Gasteiger partial charge in [0.25, 0.3) is 0 Å². The van der Waals surface area contributed by atoms with Crippen molar-refractivity contribution in [2.24, 2.45) is 5.73 Å². The van der Waals surface area contributed by atoms with Gasteiger partial charge in [0, 0.05) is 6.42 Å². The maximum absolute atomic E-state index is 12.3. The van der Waals surface area contributed by atoms with Gasteiger partial charge in [-0.05, 0) is 11.1 Å². The lowest BCUT2D eigenvalue weighted by Gasteiger charge is -2.05. The van der Waals surface area contributed by atoms with Gasteiger partial charge in [-0.1, -0.05) is 24.3 Å². The number of hydrogen-bond donors (Lipinski definition) is 1. The molecule has 0 saturated carbocycles. The van der Waals surface area contributed by atoms with E-state index < -0.39 is 12.6 Å². The zero-order chi connectivity index (χ0) is 13.4. The molecule has 1 aromatic carbocycles. The molecule has 0 saturated heterocycles. The molecular weight excluding hydrogens is 237 g/mol. The Hall–Kier alpha value is -1.75. The van der Waals surface area contributed by atoms with Crippen LogP contribution in [0.4, 0.5) is 4.39 Å². The van der Waals surface area contributed by atoms with Crippen LogP contribution in [0.1, 0.15) is 24.0 Å². The summed E-state index contributed by atoms with van der Waals surface area (Å²) in [5.41, 5.74) is 6.48. The van der Waals surface area contributed by atoms with Gasteiger partial charge in [-0.25, -0.2) is 4.39 Å². The van der Waals surface area contributed by atoms with E-state index in [1.165, 1.54) is 0 Å². The lowest BCUT2D eigenvalue weighted by atomic mass is 10.1. The molecule has 2 N–H and O–H groups in total. The monoisotopic (exact) mass is 253 g/mol. The van der Waals surface area contributed by atoms with E-state index in [2.05, 4.69) is 0 Å². The van der Waals surface area contributed by atoms with Crippen LogP contribution < -0.4 is 5.73 Å². The Kier molecular flexibility index (Phi) is 6.00. The fourth-order valence-electron chi connectivity index (χ4n) is 1.30. The van der Waals surface area contributed by atoms with Crippen LogP contribution in [0.15, 0.2) is 24.3 Å². The Morgan fingerprint density at radius 2 is 1.72 bits per heavy atom. The van der Waals surface area contributed by atoms with Crippen LogP contribution in [0.2, 0.25) is 0 Å². The summed E-state index contributed by atoms with van der Waals surface area (Å²) in [5, 5.41) is 0. The molecule has 0 unspecified atom stereocenters. The standard InChI is InChI=1S/C13H16FNO3/c14-7-10-1-3-11(4-2-10)9-18-13(17)6-5-12(16)8-15/h1-4H,5-9,15H2. The van der Waals surface area contributed by atoms with Gasteiger partial charge in [0.15, 0.2) is 0 Å². The SMILES string of the molecule is NCC(=O)CCC(=O)OCc1ccc(CF)cc1. The van der Waals surface area contributed by atoms with Gasteiger partial charge in [0.2, 0.25) is 0 Å². The fraction of sp³-hybridized carbons (Fsp3) is 0.385. The molecular formula is C13H16FNO3. The summed E-state index contributed by atoms with van der Waals surface area (Å²) >= 11 is 0. The first kappa shape index (κ1) is 14.3. The molecule has 0 amide bonds. The van der Waals surface area contributed by atoms with Crippen LogP contribution >= 0.6 is 0 Å². The number of halogens is 1. The van der Waals surface area contributed by atoms with E-state index >= 15 is 0 Å². The van der Waals surface area contributed by atoms with Crippen molar-refractivity contribution in [3.63, 3.8) is 0 Å². The van der Waals surface area contributed by atoms with E-state index in [4.69, 9.17) is 10.5 Å². The summed E-state index contributed by atoms with van der Waals surface area (Å²) in [6, 6.07) is 6.68. The quantitative estimate of drug-likeness (QED) is 0.748. The summed E-state index contributed by atoms with van der Waals surface area (Å²) in [7, 11) is 0. The average Bonchev–Trinajstić information content (AvgIpc) is 2.42. The second-order valence-corrected chi connectivity index (χ2v) is 3.85. The summed E-state index contributed by atoms with van der Waals surface area (Å²) in [5.74, 6) is -0.606. The molecule has 0 aliphatic carbocycles. The van der Waals surface area contributed by atoms with Crippen molar-refractivity contribution in [3.05, 3.63) is 35.4 Å². The lowest BCUT2D eigenvalue weighted by Crippen LogP contribution is -2.15. The zero-order valence-electron chi connectivity index (χ0n) is 10.0. The van der Waals surface area contributed by atoms with Crippen molar-refractivity contribution >= 4 is 11.8 Å². The predicted octanol–water partition coefficient (Wildman–Crippen LogP) is 1.51. The molecule has 0 atom stereocenters. The number of alkyl halides is 1. The van der Waals surface area contributed by atoms with Crippen molar-refractivity contribution in [2.75, 3.05) is 6.54 Å². The minimum atomic E-state index is -0.513. The van der Waals surface area contributed by atoms with Gasteiger partial charge in [-0.2, -0.15) is 0 Å². The largest absolute Gasteiger partial charge is 0.461 e. The summed E-state index contributed by atoms with van der Waals surface area (Å²) < 4.78 is 17.2. The van der Waals surface area contributed by atoms with Crippen molar-refractivity contribution < 1.29 is 18.7 Å². The molecule has 0 heterocycles. The number of benzene rings is 1. The van der Waals surface area contributed by atoms with Crippen molar-refractivity contribution in [3.8, 4) is 0 Å². The number of rotatable bonds is 7. The molecule has 18 heavy (non-hydrogen) atoms. The fourth-order valence-corrected chi connectivity index (χ4v) is 1.30. The molecule has 0 aliphatic rings. The third kappa shape index (κ3) is 5.05. The highest BCUT2D eigenvalue weighted by Crippen LogP contribution is 2.07. The van der Waals surface area contributed by atoms with E-state index in [0.29, 0.717) is 5.56 Å². The van der Waals surface area contributed by atoms with Crippen molar-refractivity contribution in [1.29, 1.82) is 0 Å². The van der Waals surface area contributed by atoms with Crippen LogP contribution in [0, 0.1) is 0 Å². The van der Waals surface area contributed by atoms with E-state index in [1.807, 2.05) is 0 Å². The Morgan fingerprint density at radius 1 is 1.11 bits per heavy atom. The molecule has 0 fully saturated rings. The van der Waals surface area contributed by atoms with Gasteiger partial charge in [0.05, 0.1) is 13.0 Å². The number of hydrogen-bond acceptors (Lipinski definition) is 4. The van der Waals surface area contributed by atoms with Crippen molar-refractivity contribution in [2.45, 2.75) is 26.1 Å². The topological polar surface area (TPSA) is 69.4 Å². The molecule has 1 aromatic rings. The Bertz CT molecular complexity index is 403. The van der Waals surface area contributed by atoms with Crippen LogP contribution in [0.5, 0.6) is 0 Å². The second kappa shape index (κ2) is 7.55. The third-order valence-corrected chi connectivity index (χ3v) is 2.41. The van der Waals surface area contributed by atoms with E-state index in [0.717, 1.165) is 5.56 Å². The highest BCUT2D eigenvalue weighted by atomic mass is 19.1. The van der Waals surface area contributed by atoms with Gasteiger partial charge < -0.3 is 10.5 Å². The lowest BCUT2D eigenvalue weighted by molar-refractivity contribution is -0.146. The van der Waals surface area contributed by atoms with E-state index in [1.54, 1.807) is 24.3 Å². The maximum Gasteiger partial charge on any atom is 0.306 e. The highest BCUT2D eigenvalue weighted by Gasteiger charge is 2.07. The number of Topliss-reactive ketones (excluding diaryl/α,β-unsaturated/α-hetero) is 1. The Morgan fingerprint density at radius 3 is 2.28 bits per heavy atom. The number of carbonyl (C=O) groups is 2.